The van der Waals surface area contributed by atoms with Crippen LogP contribution in [0.2, 0.25) is 0 Å². The summed E-state index contributed by atoms with van der Waals surface area (Å²) in [5.41, 5.74) is 0.738. The molecule has 2 amide bonds. The minimum absolute atomic E-state index is 0.0952. The quantitative estimate of drug-likeness (QED) is 0.628. The molecule has 0 aliphatic carbocycles. The Kier molecular flexibility index (Phi) is 5.62. The Hall–Kier alpha value is -3.22. The predicted molar refractivity (Wildman–Crippen MR) is 89.6 cm³/mol. The van der Waals surface area contributed by atoms with Gasteiger partial charge in [-0.15, -0.1) is 0 Å². The van der Waals surface area contributed by atoms with Crippen LogP contribution in [0.3, 0.4) is 0 Å². The summed E-state index contributed by atoms with van der Waals surface area (Å²) >= 11 is 0. The normalized spacial score (nSPS) is 11.4. The molecule has 0 saturated carbocycles. The fourth-order valence-corrected chi connectivity index (χ4v) is 2.15. The maximum absolute atomic E-state index is 12.1. The highest BCUT2D eigenvalue weighted by atomic mass is 16.6. The van der Waals surface area contributed by atoms with Crippen molar-refractivity contribution in [3.63, 3.8) is 0 Å². The number of hydrogen-bond acceptors (Lipinski definition) is 4. The molecule has 1 atom stereocenters. The van der Waals surface area contributed by atoms with Crippen LogP contribution in [0.1, 0.15) is 18.4 Å². The Morgan fingerprint density at radius 2 is 1.71 bits per heavy atom. The average Bonchev–Trinajstić information content (AvgIpc) is 2.60. The van der Waals surface area contributed by atoms with E-state index in [2.05, 4.69) is 10.6 Å². The molecule has 24 heavy (non-hydrogen) atoms. The number of amides is 2. The Morgan fingerprint density at radius 1 is 1.08 bits per heavy atom. The van der Waals surface area contributed by atoms with Gasteiger partial charge in [0.25, 0.3) is 5.69 Å². The van der Waals surface area contributed by atoms with Gasteiger partial charge in [0.15, 0.2) is 0 Å². The monoisotopic (exact) mass is 327 g/mol. The zero-order valence-electron chi connectivity index (χ0n) is 13.1. The van der Waals surface area contributed by atoms with Crippen LogP contribution in [0, 0.1) is 10.1 Å². The second kappa shape index (κ2) is 7.87. The van der Waals surface area contributed by atoms with E-state index in [1.54, 1.807) is 13.0 Å². The molecule has 0 aliphatic rings. The van der Waals surface area contributed by atoms with Gasteiger partial charge < -0.3 is 10.6 Å². The maximum atomic E-state index is 12.1. The topological polar surface area (TPSA) is 101 Å². The van der Waals surface area contributed by atoms with E-state index in [0.717, 1.165) is 5.56 Å². The van der Waals surface area contributed by atoms with Gasteiger partial charge >= 0.3 is 0 Å². The van der Waals surface area contributed by atoms with Gasteiger partial charge in [-0.1, -0.05) is 42.5 Å². The highest BCUT2D eigenvalue weighted by Crippen LogP contribution is 2.22. The molecule has 2 N–H and O–H groups in total. The van der Waals surface area contributed by atoms with E-state index in [9.17, 15) is 19.7 Å². The van der Waals surface area contributed by atoms with Gasteiger partial charge in [0, 0.05) is 6.07 Å². The molecule has 0 saturated heterocycles. The van der Waals surface area contributed by atoms with Crippen molar-refractivity contribution in [2.45, 2.75) is 12.8 Å². The van der Waals surface area contributed by atoms with Crippen molar-refractivity contribution in [2.75, 3.05) is 11.9 Å². The van der Waals surface area contributed by atoms with E-state index in [-0.39, 0.29) is 23.8 Å². The van der Waals surface area contributed by atoms with Gasteiger partial charge in [-0.3, -0.25) is 19.7 Å². The summed E-state index contributed by atoms with van der Waals surface area (Å²) in [5, 5.41) is 15.9. The van der Waals surface area contributed by atoms with E-state index >= 15 is 0 Å². The van der Waals surface area contributed by atoms with Crippen LogP contribution in [-0.4, -0.2) is 23.3 Å². The maximum Gasteiger partial charge on any atom is 0.292 e. The summed E-state index contributed by atoms with van der Waals surface area (Å²) in [4.78, 5) is 34.3. The van der Waals surface area contributed by atoms with E-state index in [1.165, 1.54) is 18.2 Å². The number of carbonyl (C=O) groups excluding carboxylic acids is 2. The molecule has 0 aromatic heterocycles. The van der Waals surface area contributed by atoms with E-state index < -0.39 is 16.7 Å². The van der Waals surface area contributed by atoms with Crippen LogP contribution in [0.15, 0.2) is 54.6 Å². The third-order valence-corrected chi connectivity index (χ3v) is 3.49. The highest BCUT2D eigenvalue weighted by molar-refractivity contribution is 5.97. The Bertz CT molecular complexity index is 747. The first-order valence-corrected chi connectivity index (χ1v) is 7.35. The second-order valence-corrected chi connectivity index (χ2v) is 5.17. The van der Waals surface area contributed by atoms with Crippen molar-refractivity contribution in [2.24, 2.45) is 0 Å². The van der Waals surface area contributed by atoms with Gasteiger partial charge in [-0.25, -0.2) is 0 Å². The molecular weight excluding hydrogens is 310 g/mol. The van der Waals surface area contributed by atoms with Crippen LogP contribution < -0.4 is 10.6 Å². The number of para-hydroxylation sites is 2. The summed E-state index contributed by atoms with van der Waals surface area (Å²) in [7, 11) is 0. The Morgan fingerprint density at radius 3 is 2.38 bits per heavy atom. The van der Waals surface area contributed by atoms with E-state index in [4.69, 9.17) is 0 Å². The first-order valence-electron chi connectivity index (χ1n) is 7.35. The lowest BCUT2D eigenvalue weighted by atomic mass is 10.0. The summed E-state index contributed by atoms with van der Waals surface area (Å²) in [6, 6.07) is 15.0. The fourth-order valence-electron chi connectivity index (χ4n) is 2.15. The Balaban J connectivity index is 1.92. The number of rotatable bonds is 6. The minimum Gasteiger partial charge on any atom is -0.347 e. The molecule has 0 spiro atoms. The molecule has 7 heteroatoms. The average molecular weight is 327 g/mol. The number of carbonyl (C=O) groups is 2. The third kappa shape index (κ3) is 4.39. The van der Waals surface area contributed by atoms with Crippen molar-refractivity contribution < 1.29 is 14.5 Å². The number of nitro benzene ring substituents is 1. The van der Waals surface area contributed by atoms with E-state index in [1.807, 2.05) is 30.3 Å². The molecule has 1 unspecified atom stereocenters. The highest BCUT2D eigenvalue weighted by Gasteiger charge is 2.17. The molecule has 2 rings (SSSR count). The van der Waals surface area contributed by atoms with Crippen molar-refractivity contribution >= 4 is 23.2 Å². The molecule has 2 aromatic carbocycles. The molecule has 7 nitrogen and oxygen atoms in total. The van der Waals surface area contributed by atoms with Gasteiger partial charge in [0.05, 0.1) is 17.4 Å². The van der Waals surface area contributed by atoms with Gasteiger partial charge in [-0.2, -0.15) is 0 Å². The first kappa shape index (κ1) is 17.1. The summed E-state index contributed by atoms with van der Waals surface area (Å²) in [5.74, 6) is -1.22. The lowest BCUT2D eigenvalue weighted by molar-refractivity contribution is -0.383. The SMILES string of the molecule is CC(C(=O)NCC(=O)Nc1ccccc1[N+](=O)[O-])c1ccccc1. The number of anilines is 1. The molecule has 0 bridgehead atoms. The van der Waals surface area contributed by atoms with Crippen LogP contribution in [0.25, 0.3) is 0 Å². The van der Waals surface area contributed by atoms with E-state index in [0.29, 0.717) is 0 Å². The number of nitro groups is 1. The molecule has 0 heterocycles. The molecule has 0 fully saturated rings. The molecule has 0 radical (unpaired) electrons. The number of nitrogens with one attached hydrogen (secondary N) is 2. The fraction of sp³-hybridized carbons (Fsp3) is 0.176. The lowest BCUT2D eigenvalue weighted by Gasteiger charge is -2.12. The molecule has 124 valence electrons. The lowest BCUT2D eigenvalue weighted by Crippen LogP contribution is -2.35. The smallest absolute Gasteiger partial charge is 0.292 e. The standard InChI is InChI=1S/C17H17N3O4/c1-12(13-7-3-2-4-8-13)17(22)18-11-16(21)19-14-9-5-6-10-15(14)20(23)24/h2-10,12H,11H2,1H3,(H,18,22)(H,19,21). The minimum atomic E-state index is -0.578. The van der Waals surface area contributed by atoms with Crippen LogP contribution in [0.5, 0.6) is 0 Å². The summed E-state index contributed by atoms with van der Waals surface area (Å²) in [6.07, 6.45) is 0. The van der Waals surface area contributed by atoms with Crippen LogP contribution >= 0.6 is 0 Å². The van der Waals surface area contributed by atoms with Crippen LogP contribution in [0.4, 0.5) is 11.4 Å². The van der Waals surface area contributed by atoms with Crippen LogP contribution in [-0.2, 0) is 9.59 Å². The molecule has 0 aliphatic heterocycles. The number of benzene rings is 2. The largest absolute Gasteiger partial charge is 0.347 e. The number of nitrogens with zero attached hydrogens (tertiary/aromatic N) is 1. The Labute approximate surface area is 138 Å². The zero-order chi connectivity index (χ0) is 17.5. The van der Waals surface area contributed by atoms with Crippen molar-refractivity contribution in [3.05, 3.63) is 70.3 Å². The van der Waals surface area contributed by atoms with Gasteiger partial charge in [0.1, 0.15) is 5.69 Å². The molecular formula is C17H17N3O4. The summed E-state index contributed by atoms with van der Waals surface area (Å²) in [6.45, 7) is 1.48. The first-order chi connectivity index (χ1) is 11.5. The van der Waals surface area contributed by atoms with Gasteiger partial charge in [0.2, 0.25) is 11.8 Å². The second-order valence-electron chi connectivity index (χ2n) is 5.17. The number of hydrogen-bond donors (Lipinski definition) is 2. The van der Waals surface area contributed by atoms with Gasteiger partial charge in [-0.05, 0) is 18.6 Å². The molecule has 2 aromatic rings. The third-order valence-electron chi connectivity index (χ3n) is 3.49. The predicted octanol–water partition coefficient (Wildman–Crippen LogP) is 2.45. The van der Waals surface area contributed by atoms with Crippen molar-refractivity contribution in [1.29, 1.82) is 0 Å². The summed E-state index contributed by atoms with van der Waals surface area (Å²) < 4.78 is 0. The van der Waals surface area contributed by atoms with Crippen molar-refractivity contribution in [1.82, 2.24) is 5.32 Å². The zero-order valence-corrected chi connectivity index (χ0v) is 13.1. The van der Waals surface area contributed by atoms with Crippen molar-refractivity contribution in [3.8, 4) is 0 Å².